The standard InChI is InChI=1S/C32H26N2/c1-5-13-29-25(9-1)26-10-2-6-14-30(26)33(29)21-23-17-19-24(20-18-23)22-34-31-15-7-3-11-27(31)28-12-4-8-16-32(28)34/h1-3,5-11,13-20H,4,12,21-22H2. The summed E-state index contributed by atoms with van der Waals surface area (Å²) in [6, 6.07) is 35.5. The second kappa shape index (κ2) is 7.78. The van der Waals surface area contributed by atoms with Crippen LogP contribution in [0.15, 0.2) is 103 Å². The molecule has 4 aromatic carbocycles. The first-order chi connectivity index (χ1) is 16.9. The number of aromatic nitrogens is 2. The van der Waals surface area contributed by atoms with Crippen LogP contribution in [-0.4, -0.2) is 9.13 Å². The van der Waals surface area contributed by atoms with Gasteiger partial charge in [-0.3, -0.25) is 0 Å². The fourth-order valence-corrected chi connectivity index (χ4v) is 5.73. The van der Waals surface area contributed by atoms with Crippen molar-refractivity contribution in [1.82, 2.24) is 9.13 Å². The number of hydrogen-bond acceptors (Lipinski definition) is 0. The van der Waals surface area contributed by atoms with Crippen LogP contribution in [0.1, 0.15) is 28.8 Å². The number of para-hydroxylation sites is 3. The van der Waals surface area contributed by atoms with Crippen molar-refractivity contribution in [2.75, 3.05) is 0 Å². The van der Waals surface area contributed by atoms with Gasteiger partial charge in [0.1, 0.15) is 0 Å². The minimum absolute atomic E-state index is 0.874. The highest BCUT2D eigenvalue weighted by Gasteiger charge is 2.17. The van der Waals surface area contributed by atoms with E-state index >= 15 is 0 Å². The maximum Gasteiger partial charge on any atom is 0.0494 e. The molecule has 0 saturated carbocycles. The molecule has 0 spiro atoms. The minimum atomic E-state index is 0.874. The molecule has 0 N–H and O–H groups in total. The number of fused-ring (bicyclic) bond motifs is 6. The summed E-state index contributed by atoms with van der Waals surface area (Å²) in [4.78, 5) is 0. The third kappa shape index (κ3) is 3.03. The summed E-state index contributed by atoms with van der Waals surface area (Å²) in [5, 5.41) is 4.06. The van der Waals surface area contributed by atoms with Gasteiger partial charge in [0.05, 0.1) is 0 Å². The van der Waals surface area contributed by atoms with Gasteiger partial charge in [0.2, 0.25) is 0 Å². The Morgan fingerprint density at radius 2 is 1.03 bits per heavy atom. The molecule has 0 bridgehead atoms. The van der Waals surface area contributed by atoms with Crippen molar-refractivity contribution in [3.05, 3.63) is 126 Å². The van der Waals surface area contributed by atoms with E-state index in [4.69, 9.17) is 0 Å². The van der Waals surface area contributed by atoms with E-state index in [0.717, 1.165) is 25.9 Å². The summed E-state index contributed by atoms with van der Waals surface area (Å²) in [6.45, 7) is 1.77. The van der Waals surface area contributed by atoms with Crippen molar-refractivity contribution in [3.63, 3.8) is 0 Å². The summed E-state index contributed by atoms with van der Waals surface area (Å²) >= 11 is 0. The highest BCUT2D eigenvalue weighted by Crippen LogP contribution is 2.32. The van der Waals surface area contributed by atoms with E-state index in [1.54, 1.807) is 0 Å². The Labute approximate surface area is 199 Å². The van der Waals surface area contributed by atoms with Gasteiger partial charge in [-0.05, 0) is 53.8 Å². The fraction of sp³-hybridized carbons (Fsp3) is 0.125. The van der Waals surface area contributed by atoms with Crippen LogP contribution < -0.4 is 0 Å². The Morgan fingerprint density at radius 3 is 1.65 bits per heavy atom. The zero-order valence-electron chi connectivity index (χ0n) is 19.1. The van der Waals surface area contributed by atoms with E-state index in [9.17, 15) is 0 Å². The van der Waals surface area contributed by atoms with Gasteiger partial charge in [0.15, 0.2) is 0 Å². The van der Waals surface area contributed by atoms with E-state index in [1.807, 2.05) is 0 Å². The number of aryl methyl sites for hydroxylation is 1. The number of hydrogen-bond donors (Lipinski definition) is 0. The van der Waals surface area contributed by atoms with Crippen LogP contribution in [0.2, 0.25) is 0 Å². The van der Waals surface area contributed by atoms with Crippen LogP contribution in [0.5, 0.6) is 0 Å². The third-order valence-corrected chi connectivity index (χ3v) is 7.34. The maximum absolute atomic E-state index is 2.49. The first kappa shape index (κ1) is 19.4. The number of allylic oxidation sites excluding steroid dienone is 1. The van der Waals surface area contributed by atoms with Gasteiger partial charge in [-0.1, -0.05) is 84.9 Å². The van der Waals surface area contributed by atoms with Crippen LogP contribution in [0.3, 0.4) is 0 Å². The molecule has 2 nitrogen and oxygen atoms in total. The molecule has 1 aliphatic rings. The first-order valence-electron chi connectivity index (χ1n) is 12.2. The SMILES string of the molecule is C1=Cc2c(c3ccccc3n2Cc2ccc(Cn3c4ccccc4c4ccccc43)cc2)CC1. The van der Waals surface area contributed by atoms with Crippen molar-refractivity contribution >= 4 is 38.8 Å². The van der Waals surface area contributed by atoms with E-state index in [-0.39, 0.29) is 0 Å². The van der Waals surface area contributed by atoms with Crippen LogP contribution >= 0.6 is 0 Å². The Hall–Kier alpha value is -4.04. The molecule has 0 radical (unpaired) electrons. The van der Waals surface area contributed by atoms with Gasteiger partial charge in [-0.2, -0.15) is 0 Å². The normalized spacial score (nSPS) is 13.2. The van der Waals surface area contributed by atoms with Crippen LogP contribution in [-0.2, 0) is 19.5 Å². The molecular formula is C32H26N2. The summed E-state index contributed by atoms with van der Waals surface area (Å²) in [6.07, 6.45) is 6.90. The van der Waals surface area contributed by atoms with Crippen molar-refractivity contribution in [2.24, 2.45) is 0 Å². The van der Waals surface area contributed by atoms with E-state index in [0.29, 0.717) is 0 Å². The van der Waals surface area contributed by atoms with Gasteiger partial charge < -0.3 is 9.13 Å². The molecule has 0 atom stereocenters. The number of benzene rings is 4. The predicted octanol–water partition coefficient (Wildman–Crippen LogP) is 7.81. The average molecular weight is 439 g/mol. The Balaban J connectivity index is 1.23. The second-order valence-corrected chi connectivity index (χ2v) is 9.35. The molecule has 0 aliphatic heterocycles. The van der Waals surface area contributed by atoms with Gasteiger partial charge in [0, 0.05) is 51.5 Å². The topological polar surface area (TPSA) is 9.86 Å². The van der Waals surface area contributed by atoms with Crippen molar-refractivity contribution in [1.29, 1.82) is 0 Å². The lowest BCUT2D eigenvalue weighted by Crippen LogP contribution is -2.05. The average Bonchev–Trinajstić information content (AvgIpc) is 3.39. The van der Waals surface area contributed by atoms with Gasteiger partial charge in [0.25, 0.3) is 0 Å². The Morgan fingerprint density at radius 1 is 0.529 bits per heavy atom. The summed E-state index contributed by atoms with van der Waals surface area (Å²) in [5.41, 5.74) is 9.48. The molecule has 164 valence electrons. The molecule has 1 aliphatic carbocycles. The molecule has 2 heteroatoms. The lowest BCUT2D eigenvalue weighted by molar-refractivity contribution is 0.809. The van der Waals surface area contributed by atoms with Crippen LogP contribution in [0, 0.1) is 0 Å². The highest BCUT2D eigenvalue weighted by molar-refractivity contribution is 6.08. The lowest BCUT2D eigenvalue weighted by atomic mass is 10.0. The summed E-state index contributed by atoms with van der Waals surface area (Å²) in [5.74, 6) is 0. The number of nitrogens with zero attached hydrogens (tertiary/aromatic N) is 2. The third-order valence-electron chi connectivity index (χ3n) is 7.34. The molecule has 2 aromatic heterocycles. The largest absolute Gasteiger partial charge is 0.336 e. The molecule has 0 amide bonds. The molecule has 2 heterocycles. The maximum atomic E-state index is 2.49. The first-order valence-corrected chi connectivity index (χ1v) is 12.2. The molecule has 0 fully saturated rings. The van der Waals surface area contributed by atoms with E-state index < -0.39 is 0 Å². The van der Waals surface area contributed by atoms with Crippen LogP contribution in [0.4, 0.5) is 0 Å². The van der Waals surface area contributed by atoms with Crippen molar-refractivity contribution < 1.29 is 0 Å². The molecular weight excluding hydrogens is 412 g/mol. The van der Waals surface area contributed by atoms with Gasteiger partial charge in [-0.25, -0.2) is 0 Å². The number of rotatable bonds is 4. The Kier molecular flexibility index (Phi) is 4.44. The Bertz CT molecular complexity index is 1640. The van der Waals surface area contributed by atoms with Gasteiger partial charge >= 0.3 is 0 Å². The smallest absolute Gasteiger partial charge is 0.0494 e. The van der Waals surface area contributed by atoms with Crippen molar-refractivity contribution in [2.45, 2.75) is 25.9 Å². The fourth-order valence-electron chi connectivity index (χ4n) is 5.73. The molecule has 7 rings (SSSR count). The second-order valence-electron chi connectivity index (χ2n) is 9.35. The monoisotopic (exact) mass is 438 g/mol. The molecule has 34 heavy (non-hydrogen) atoms. The quantitative estimate of drug-likeness (QED) is 0.266. The summed E-state index contributed by atoms with van der Waals surface area (Å²) in [7, 11) is 0. The summed E-state index contributed by atoms with van der Waals surface area (Å²) < 4.78 is 4.93. The molecule has 0 saturated heterocycles. The minimum Gasteiger partial charge on any atom is -0.336 e. The van der Waals surface area contributed by atoms with E-state index in [1.165, 1.54) is 55.1 Å². The van der Waals surface area contributed by atoms with Gasteiger partial charge in [-0.15, -0.1) is 0 Å². The predicted molar refractivity (Wildman–Crippen MR) is 143 cm³/mol. The van der Waals surface area contributed by atoms with E-state index in [2.05, 4.69) is 118 Å². The van der Waals surface area contributed by atoms with Crippen molar-refractivity contribution in [3.8, 4) is 0 Å². The zero-order valence-corrected chi connectivity index (χ0v) is 19.1. The molecule has 6 aromatic rings. The zero-order chi connectivity index (χ0) is 22.5. The molecule has 0 unspecified atom stereocenters. The highest BCUT2D eigenvalue weighted by atomic mass is 15.0. The van der Waals surface area contributed by atoms with Crippen LogP contribution in [0.25, 0.3) is 38.8 Å². The lowest BCUT2D eigenvalue weighted by Gasteiger charge is -2.13.